The molecule has 0 bridgehead atoms. The van der Waals surface area contributed by atoms with Crippen molar-refractivity contribution in [3.63, 3.8) is 0 Å². The molecule has 2 aromatic rings. The van der Waals surface area contributed by atoms with Crippen molar-refractivity contribution >= 4 is 11.6 Å². The fraction of sp³-hybridized carbons (Fsp3) is 0.214. The maximum Gasteiger partial charge on any atom is 0.253 e. The van der Waals surface area contributed by atoms with Gasteiger partial charge in [0.1, 0.15) is 6.33 Å². The Hall–Kier alpha value is -2.43. The van der Waals surface area contributed by atoms with Gasteiger partial charge in [0.15, 0.2) is 0 Å². The quantitative estimate of drug-likeness (QED) is 0.906. The molecular weight excluding hydrogens is 240 g/mol. The summed E-state index contributed by atoms with van der Waals surface area (Å²) in [6.45, 7) is 0.628. The molecule has 0 aliphatic carbocycles. The first-order valence-corrected chi connectivity index (χ1v) is 5.97. The molecule has 0 saturated carbocycles. The smallest absolute Gasteiger partial charge is 0.253 e. The van der Waals surface area contributed by atoms with E-state index in [1.807, 2.05) is 30.3 Å². The van der Waals surface area contributed by atoms with Gasteiger partial charge in [-0.2, -0.15) is 0 Å². The second kappa shape index (κ2) is 5.95. The number of amides is 1. The van der Waals surface area contributed by atoms with Gasteiger partial charge in [-0.3, -0.25) is 4.79 Å². The summed E-state index contributed by atoms with van der Waals surface area (Å²) < 4.78 is 0. The molecule has 0 radical (unpaired) electrons. The molecule has 0 atom stereocenters. The first-order chi connectivity index (χ1) is 9.16. The van der Waals surface area contributed by atoms with E-state index in [4.69, 9.17) is 0 Å². The Balaban J connectivity index is 1.98. The van der Waals surface area contributed by atoms with Crippen LogP contribution in [-0.2, 0) is 6.54 Å². The number of rotatable bonds is 4. The highest BCUT2D eigenvalue weighted by Gasteiger charge is 2.06. The Morgan fingerprint density at radius 1 is 1.21 bits per heavy atom. The molecule has 0 fully saturated rings. The van der Waals surface area contributed by atoms with E-state index in [0.29, 0.717) is 12.1 Å². The molecule has 0 spiro atoms. The first kappa shape index (κ1) is 13.0. The van der Waals surface area contributed by atoms with Gasteiger partial charge < -0.3 is 10.2 Å². The van der Waals surface area contributed by atoms with Gasteiger partial charge in [-0.05, 0) is 30.3 Å². The van der Waals surface area contributed by atoms with Crippen LogP contribution >= 0.6 is 0 Å². The maximum absolute atomic E-state index is 11.7. The zero-order chi connectivity index (χ0) is 13.7. The van der Waals surface area contributed by atoms with E-state index in [2.05, 4.69) is 15.3 Å². The van der Waals surface area contributed by atoms with Crippen LogP contribution < -0.4 is 5.32 Å². The van der Waals surface area contributed by atoms with E-state index in [1.165, 1.54) is 6.33 Å². The zero-order valence-electron chi connectivity index (χ0n) is 11.0. The fourth-order valence-electron chi connectivity index (χ4n) is 1.60. The van der Waals surface area contributed by atoms with Crippen LogP contribution in [0.2, 0.25) is 0 Å². The Bertz CT molecular complexity index is 537. The van der Waals surface area contributed by atoms with Crippen molar-refractivity contribution in [2.45, 2.75) is 6.54 Å². The van der Waals surface area contributed by atoms with Crippen molar-refractivity contribution in [3.8, 4) is 0 Å². The van der Waals surface area contributed by atoms with Gasteiger partial charge in [0.25, 0.3) is 5.91 Å². The molecule has 98 valence electrons. The van der Waals surface area contributed by atoms with Crippen LogP contribution in [0.25, 0.3) is 0 Å². The summed E-state index contributed by atoms with van der Waals surface area (Å²) in [5.74, 6) is 0.00218. The van der Waals surface area contributed by atoms with Crippen LogP contribution in [0, 0.1) is 0 Å². The van der Waals surface area contributed by atoms with Crippen LogP contribution in [0.4, 0.5) is 5.69 Å². The van der Waals surface area contributed by atoms with Gasteiger partial charge in [-0.1, -0.05) is 0 Å². The van der Waals surface area contributed by atoms with Crippen molar-refractivity contribution in [2.75, 3.05) is 19.4 Å². The lowest BCUT2D eigenvalue weighted by atomic mass is 10.2. The lowest BCUT2D eigenvalue weighted by Gasteiger charge is -2.11. The Kier molecular flexibility index (Phi) is 4.07. The van der Waals surface area contributed by atoms with Crippen LogP contribution in [0.15, 0.2) is 42.9 Å². The number of anilines is 1. The predicted molar refractivity (Wildman–Crippen MR) is 73.8 cm³/mol. The second-order valence-electron chi connectivity index (χ2n) is 4.33. The van der Waals surface area contributed by atoms with Gasteiger partial charge in [0.05, 0.1) is 12.2 Å². The monoisotopic (exact) mass is 256 g/mol. The van der Waals surface area contributed by atoms with E-state index in [9.17, 15) is 4.79 Å². The number of benzene rings is 1. The van der Waals surface area contributed by atoms with E-state index >= 15 is 0 Å². The molecule has 19 heavy (non-hydrogen) atoms. The standard InChI is InChI=1S/C14H16N4O/c1-18(2)14(19)11-3-5-12(6-4-11)16-9-13-7-8-15-10-17-13/h3-8,10,16H,9H2,1-2H3. The van der Waals surface area contributed by atoms with Gasteiger partial charge in [-0.25, -0.2) is 9.97 Å². The molecule has 1 aromatic heterocycles. The van der Waals surface area contributed by atoms with Crippen LogP contribution in [0.1, 0.15) is 16.1 Å². The lowest BCUT2D eigenvalue weighted by Crippen LogP contribution is -2.21. The van der Waals surface area contributed by atoms with E-state index in [1.54, 1.807) is 25.2 Å². The summed E-state index contributed by atoms with van der Waals surface area (Å²) in [5, 5.41) is 3.24. The summed E-state index contributed by atoms with van der Waals surface area (Å²) in [6, 6.07) is 9.25. The number of carbonyl (C=O) groups is 1. The highest BCUT2D eigenvalue weighted by molar-refractivity contribution is 5.94. The third kappa shape index (κ3) is 3.51. The normalized spacial score (nSPS) is 10.0. The zero-order valence-corrected chi connectivity index (χ0v) is 11.0. The summed E-state index contributed by atoms with van der Waals surface area (Å²) in [5.41, 5.74) is 2.55. The number of aromatic nitrogens is 2. The molecule has 0 aliphatic heterocycles. The highest BCUT2D eigenvalue weighted by atomic mass is 16.2. The molecule has 5 heteroatoms. The molecule has 1 amide bonds. The Labute approximate surface area is 112 Å². The van der Waals surface area contributed by atoms with Crippen molar-refractivity contribution in [2.24, 2.45) is 0 Å². The first-order valence-electron chi connectivity index (χ1n) is 5.97. The molecule has 1 heterocycles. The summed E-state index contributed by atoms with van der Waals surface area (Å²) in [6.07, 6.45) is 3.23. The van der Waals surface area contributed by atoms with Crippen LogP contribution in [0.5, 0.6) is 0 Å². The maximum atomic E-state index is 11.7. The third-order valence-corrected chi connectivity index (χ3v) is 2.65. The van der Waals surface area contributed by atoms with E-state index in [-0.39, 0.29) is 5.91 Å². The summed E-state index contributed by atoms with van der Waals surface area (Å²) in [4.78, 5) is 21.3. The minimum Gasteiger partial charge on any atom is -0.379 e. The minimum atomic E-state index is 0.00218. The Morgan fingerprint density at radius 3 is 2.53 bits per heavy atom. The van der Waals surface area contributed by atoms with Gasteiger partial charge in [0.2, 0.25) is 0 Å². The Morgan fingerprint density at radius 2 is 1.95 bits per heavy atom. The topological polar surface area (TPSA) is 58.1 Å². The van der Waals surface area contributed by atoms with Gasteiger partial charge >= 0.3 is 0 Å². The molecule has 0 aliphatic rings. The number of hydrogen-bond donors (Lipinski definition) is 1. The van der Waals surface area contributed by atoms with Crippen molar-refractivity contribution in [3.05, 3.63) is 54.1 Å². The minimum absolute atomic E-state index is 0.00218. The lowest BCUT2D eigenvalue weighted by molar-refractivity contribution is 0.0827. The van der Waals surface area contributed by atoms with Crippen molar-refractivity contribution in [1.29, 1.82) is 0 Å². The molecule has 1 aromatic carbocycles. The average molecular weight is 256 g/mol. The van der Waals surface area contributed by atoms with E-state index in [0.717, 1.165) is 11.4 Å². The second-order valence-corrected chi connectivity index (χ2v) is 4.33. The van der Waals surface area contributed by atoms with Crippen molar-refractivity contribution < 1.29 is 4.79 Å². The fourth-order valence-corrected chi connectivity index (χ4v) is 1.60. The number of nitrogens with zero attached hydrogens (tertiary/aromatic N) is 3. The molecular formula is C14H16N4O. The predicted octanol–water partition coefficient (Wildman–Crippen LogP) is 1.79. The number of hydrogen-bond acceptors (Lipinski definition) is 4. The average Bonchev–Trinajstić information content (AvgIpc) is 2.46. The number of nitrogens with one attached hydrogen (secondary N) is 1. The van der Waals surface area contributed by atoms with Crippen molar-refractivity contribution in [1.82, 2.24) is 14.9 Å². The third-order valence-electron chi connectivity index (χ3n) is 2.65. The SMILES string of the molecule is CN(C)C(=O)c1ccc(NCc2ccncn2)cc1. The molecule has 0 unspecified atom stereocenters. The van der Waals surface area contributed by atoms with Gasteiger partial charge in [0, 0.05) is 31.5 Å². The van der Waals surface area contributed by atoms with Gasteiger partial charge in [-0.15, -0.1) is 0 Å². The van der Waals surface area contributed by atoms with Crippen LogP contribution in [0.3, 0.4) is 0 Å². The number of carbonyl (C=O) groups excluding carboxylic acids is 1. The summed E-state index contributed by atoms with van der Waals surface area (Å²) >= 11 is 0. The summed E-state index contributed by atoms with van der Waals surface area (Å²) in [7, 11) is 3.48. The highest BCUT2D eigenvalue weighted by Crippen LogP contribution is 2.11. The molecule has 1 N–H and O–H groups in total. The molecule has 5 nitrogen and oxygen atoms in total. The molecule has 0 saturated heterocycles. The largest absolute Gasteiger partial charge is 0.379 e. The van der Waals surface area contributed by atoms with Crippen LogP contribution in [-0.4, -0.2) is 34.9 Å². The van der Waals surface area contributed by atoms with E-state index < -0.39 is 0 Å². The molecule has 2 rings (SSSR count).